The first-order valence-corrected chi connectivity index (χ1v) is 5.88. The summed E-state index contributed by atoms with van der Waals surface area (Å²) in [4.78, 5) is 25.0. The van der Waals surface area contributed by atoms with E-state index in [1.807, 2.05) is 0 Å². The standard InChI is InChI=1S/C11H14N4O4/c12-10(16)9-4-8(15(17)18)5-14-11(9)19-6-7-2-1-3-13-7/h4-5,7,13H,1-3,6H2,(H2,12,16). The molecule has 1 fully saturated rings. The first-order valence-electron chi connectivity index (χ1n) is 5.88. The van der Waals surface area contributed by atoms with Crippen molar-refractivity contribution in [2.45, 2.75) is 18.9 Å². The van der Waals surface area contributed by atoms with Gasteiger partial charge in [0.15, 0.2) is 0 Å². The molecule has 1 saturated heterocycles. The lowest BCUT2D eigenvalue weighted by atomic mass is 10.2. The lowest BCUT2D eigenvalue weighted by Gasteiger charge is -2.12. The maximum absolute atomic E-state index is 11.3. The van der Waals surface area contributed by atoms with Crippen molar-refractivity contribution in [2.75, 3.05) is 13.2 Å². The van der Waals surface area contributed by atoms with Crippen molar-refractivity contribution >= 4 is 11.6 Å². The van der Waals surface area contributed by atoms with Gasteiger partial charge in [0.05, 0.1) is 4.92 Å². The number of ether oxygens (including phenoxy) is 1. The monoisotopic (exact) mass is 266 g/mol. The number of hydrogen-bond acceptors (Lipinski definition) is 6. The van der Waals surface area contributed by atoms with Gasteiger partial charge in [0.1, 0.15) is 18.4 Å². The van der Waals surface area contributed by atoms with Gasteiger partial charge in [-0.25, -0.2) is 4.98 Å². The fourth-order valence-corrected chi connectivity index (χ4v) is 1.91. The van der Waals surface area contributed by atoms with Crippen molar-refractivity contribution in [3.63, 3.8) is 0 Å². The highest BCUT2D eigenvalue weighted by Crippen LogP contribution is 2.21. The smallest absolute Gasteiger partial charge is 0.288 e. The van der Waals surface area contributed by atoms with Crippen molar-refractivity contribution in [1.82, 2.24) is 10.3 Å². The fourth-order valence-electron chi connectivity index (χ4n) is 1.91. The van der Waals surface area contributed by atoms with Crippen LogP contribution >= 0.6 is 0 Å². The van der Waals surface area contributed by atoms with Crippen molar-refractivity contribution in [2.24, 2.45) is 5.73 Å². The van der Waals surface area contributed by atoms with E-state index in [1.165, 1.54) is 0 Å². The third kappa shape index (κ3) is 3.16. The fraction of sp³-hybridized carbons (Fsp3) is 0.455. The Labute approximate surface area is 109 Å². The zero-order valence-corrected chi connectivity index (χ0v) is 10.2. The first-order chi connectivity index (χ1) is 9.08. The number of nitrogens with one attached hydrogen (secondary N) is 1. The highest BCUT2D eigenvalue weighted by Gasteiger charge is 2.20. The maximum Gasteiger partial charge on any atom is 0.288 e. The van der Waals surface area contributed by atoms with Crippen LogP contribution < -0.4 is 15.8 Å². The minimum absolute atomic E-state index is 0.0341. The zero-order valence-electron chi connectivity index (χ0n) is 10.2. The summed E-state index contributed by atoms with van der Waals surface area (Å²) in [5.41, 5.74) is 4.80. The summed E-state index contributed by atoms with van der Waals surface area (Å²) in [7, 11) is 0. The quantitative estimate of drug-likeness (QED) is 0.581. The number of nitro groups is 1. The Balaban J connectivity index is 2.14. The summed E-state index contributed by atoms with van der Waals surface area (Å²) in [6.07, 6.45) is 3.10. The third-order valence-corrected chi connectivity index (χ3v) is 2.90. The Hall–Kier alpha value is -2.22. The Morgan fingerprint density at radius 3 is 3.05 bits per heavy atom. The van der Waals surface area contributed by atoms with Crippen molar-refractivity contribution in [1.29, 1.82) is 0 Å². The molecular weight excluding hydrogens is 252 g/mol. The molecular formula is C11H14N4O4. The molecule has 1 unspecified atom stereocenters. The molecule has 8 heteroatoms. The zero-order chi connectivity index (χ0) is 13.8. The van der Waals surface area contributed by atoms with Gasteiger partial charge in [-0.3, -0.25) is 14.9 Å². The second kappa shape index (κ2) is 5.61. The molecule has 1 amide bonds. The second-order valence-corrected chi connectivity index (χ2v) is 4.27. The second-order valence-electron chi connectivity index (χ2n) is 4.27. The molecule has 3 N–H and O–H groups in total. The molecule has 0 radical (unpaired) electrons. The molecule has 1 atom stereocenters. The molecule has 102 valence electrons. The number of rotatable bonds is 5. The van der Waals surface area contributed by atoms with Crippen LogP contribution in [0.1, 0.15) is 23.2 Å². The molecule has 0 spiro atoms. The predicted molar refractivity (Wildman–Crippen MR) is 65.9 cm³/mol. The van der Waals surface area contributed by atoms with Gasteiger partial charge >= 0.3 is 0 Å². The molecule has 0 saturated carbocycles. The van der Waals surface area contributed by atoms with E-state index in [4.69, 9.17) is 10.5 Å². The van der Waals surface area contributed by atoms with E-state index in [1.54, 1.807) is 0 Å². The number of nitrogens with two attached hydrogens (primary N) is 1. The van der Waals surface area contributed by atoms with Crippen LogP contribution in [0.4, 0.5) is 5.69 Å². The van der Waals surface area contributed by atoms with Gasteiger partial charge < -0.3 is 15.8 Å². The van der Waals surface area contributed by atoms with E-state index in [-0.39, 0.29) is 23.2 Å². The number of aromatic nitrogens is 1. The van der Waals surface area contributed by atoms with Crippen LogP contribution in [0.25, 0.3) is 0 Å². The maximum atomic E-state index is 11.3. The molecule has 0 aromatic carbocycles. The molecule has 1 aliphatic rings. The molecule has 8 nitrogen and oxygen atoms in total. The van der Waals surface area contributed by atoms with E-state index >= 15 is 0 Å². The van der Waals surface area contributed by atoms with Crippen LogP contribution in [0, 0.1) is 10.1 Å². The SMILES string of the molecule is NC(=O)c1cc([N+](=O)[O-])cnc1OCC1CCCN1. The average molecular weight is 266 g/mol. The van der Waals surface area contributed by atoms with Gasteiger partial charge in [-0.15, -0.1) is 0 Å². The van der Waals surface area contributed by atoms with Crippen LogP contribution in [0.2, 0.25) is 0 Å². The van der Waals surface area contributed by atoms with Crippen molar-refractivity contribution in [3.05, 3.63) is 27.9 Å². The first kappa shape index (κ1) is 13.2. The Kier molecular flexibility index (Phi) is 3.91. The number of pyridine rings is 1. The van der Waals surface area contributed by atoms with Crippen molar-refractivity contribution in [3.8, 4) is 5.88 Å². The van der Waals surface area contributed by atoms with E-state index < -0.39 is 10.8 Å². The van der Waals surface area contributed by atoms with E-state index in [2.05, 4.69) is 10.3 Å². The van der Waals surface area contributed by atoms with Crippen LogP contribution in [0.5, 0.6) is 5.88 Å². The van der Waals surface area contributed by atoms with Crippen LogP contribution in [-0.2, 0) is 0 Å². The van der Waals surface area contributed by atoms with E-state index in [9.17, 15) is 14.9 Å². The molecule has 0 aliphatic carbocycles. The molecule has 19 heavy (non-hydrogen) atoms. The van der Waals surface area contributed by atoms with Crippen molar-refractivity contribution < 1.29 is 14.5 Å². The molecule has 0 bridgehead atoms. The minimum Gasteiger partial charge on any atom is -0.475 e. The lowest BCUT2D eigenvalue weighted by molar-refractivity contribution is -0.385. The summed E-state index contributed by atoms with van der Waals surface area (Å²) >= 11 is 0. The number of nitrogens with zero attached hydrogens (tertiary/aromatic N) is 2. The molecule has 2 heterocycles. The Morgan fingerprint density at radius 2 is 2.47 bits per heavy atom. The number of carbonyl (C=O) groups excluding carboxylic acids is 1. The van der Waals surface area contributed by atoms with Gasteiger partial charge in [0.25, 0.3) is 11.6 Å². The molecule has 1 aromatic rings. The molecule has 1 aliphatic heterocycles. The highest BCUT2D eigenvalue weighted by molar-refractivity contribution is 5.95. The van der Waals surface area contributed by atoms with E-state index in [0.29, 0.717) is 6.61 Å². The van der Waals surface area contributed by atoms with Gasteiger partial charge in [-0.2, -0.15) is 0 Å². The number of hydrogen-bond donors (Lipinski definition) is 2. The average Bonchev–Trinajstić information content (AvgIpc) is 2.89. The summed E-state index contributed by atoms with van der Waals surface area (Å²) in [5.74, 6) is -0.766. The van der Waals surface area contributed by atoms with Crippen LogP contribution in [0.3, 0.4) is 0 Å². The van der Waals surface area contributed by atoms with Gasteiger partial charge in [0.2, 0.25) is 5.88 Å². The largest absolute Gasteiger partial charge is 0.475 e. The van der Waals surface area contributed by atoms with Crippen LogP contribution in [0.15, 0.2) is 12.3 Å². The Bertz CT molecular complexity index is 499. The lowest BCUT2D eigenvalue weighted by Crippen LogP contribution is -2.29. The predicted octanol–water partition coefficient (Wildman–Crippen LogP) is 0.220. The van der Waals surface area contributed by atoms with Crippen LogP contribution in [-0.4, -0.2) is 35.0 Å². The number of amides is 1. The summed E-state index contributed by atoms with van der Waals surface area (Å²) in [5, 5.41) is 13.8. The molecule has 2 rings (SSSR count). The topological polar surface area (TPSA) is 120 Å². The molecule has 1 aromatic heterocycles. The summed E-state index contributed by atoms with van der Waals surface area (Å²) < 4.78 is 5.42. The van der Waals surface area contributed by atoms with E-state index in [0.717, 1.165) is 31.6 Å². The highest BCUT2D eigenvalue weighted by atomic mass is 16.6. The summed E-state index contributed by atoms with van der Waals surface area (Å²) in [6.45, 7) is 1.29. The van der Waals surface area contributed by atoms with Gasteiger partial charge in [-0.1, -0.05) is 0 Å². The third-order valence-electron chi connectivity index (χ3n) is 2.90. The normalized spacial score (nSPS) is 18.2. The minimum atomic E-state index is -0.800. The van der Waals surface area contributed by atoms with Gasteiger partial charge in [0, 0.05) is 12.1 Å². The summed E-state index contributed by atoms with van der Waals surface area (Å²) in [6, 6.07) is 1.28. The number of carbonyl (C=O) groups is 1. The Morgan fingerprint density at radius 1 is 1.68 bits per heavy atom. The van der Waals surface area contributed by atoms with Gasteiger partial charge in [-0.05, 0) is 19.4 Å². The number of primary amides is 1.